The standard InChI is InChI=1S/C13H14BrN3O2S/c1-9-10(7-15)3-2-4-12(9)20(18,19)17-13-6-5-11(14)8-16-13/h2-6,8H,7,15H2,1H3,(H,16,17). The quantitative estimate of drug-likeness (QED) is 0.881. The average molecular weight is 356 g/mol. The summed E-state index contributed by atoms with van der Waals surface area (Å²) < 4.78 is 28.0. The molecule has 0 amide bonds. The molecule has 0 aliphatic carbocycles. The predicted molar refractivity (Wildman–Crippen MR) is 81.8 cm³/mol. The number of nitrogens with one attached hydrogen (secondary N) is 1. The van der Waals surface area contributed by atoms with Gasteiger partial charge < -0.3 is 5.73 Å². The van der Waals surface area contributed by atoms with Gasteiger partial charge in [0, 0.05) is 17.2 Å². The van der Waals surface area contributed by atoms with E-state index in [2.05, 4.69) is 25.6 Å². The Bertz CT molecular complexity index is 715. The Morgan fingerprint density at radius 3 is 2.65 bits per heavy atom. The maximum absolute atomic E-state index is 12.4. The summed E-state index contributed by atoms with van der Waals surface area (Å²) >= 11 is 3.25. The highest BCUT2D eigenvalue weighted by Gasteiger charge is 2.18. The van der Waals surface area contributed by atoms with Gasteiger partial charge in [-0.05, 0) is 52.2 Å². The van der Waals surface area contributed by atoms with E-state index in [0.29, 0.717) is 12.1 Å². The summed E-state index contributed by atoms with van der Waals surface area (Å²) in [6.45, 7) is 2.04. The lowest BCUT2D eigenvalue weighted by molar-refractivity contribution is 0.600. The highest BCUT2D eigenvalue weighted by Crippen LogP contribution is 2.21. The summed E-state index contributed by atoms with van der Waals surface area (Å²) in [5.41, 5.74) is 7.05. The smallest absolute Gasteiger partial charge is 0.263 e. The first-order valence-corrected chi connectivity index (χ1v) is 8.14. The minimum atomic E-state index is -3.67. The van der Waals surface area contributed by atoms with Crippen LogP contribution in [0, 0.1) is 6.92 Å². The molecule has 0 bridgehead atoms. The third-order valence-electron chi connectivity index (χ3n) is 2.87. The van der Waals surface area contributed by atoms with Crippen LogP contribution in [0.25, 0.3) is 0 Å². The van der Waals surface area contributed by atoms with Gasteiger partial charge in [0.15, 0.2) is 0 Å². The molecule has 0 fully saturated rings. The number of benzene rings is 1. The van der Waals surface area contributed by atoms with Crippen molar-refractivity contribution in [1.29, 1.82) is 0 Å². The molecule has 1 aromatic carbocycles. The number of hydrogen-bond acceptors (Lipinski definition) is 4. The van der Waals surface area contributed by atoms with Gasteiger partial charge in [-0.1, -0.05) is 12.1 Å². The van der Waals surface area contributed by atoms with Gasteiger partial charge in [-0.3, -0.25) is 4.72 Å². The van der Waals surface area contributed by atoms with Crippen molar-refractivity contribution in [1.82, 2.24) is 4.98 Å². The summed E-state index contributed by atoms with van der Waals surface area (Å²) in [5, 5.41) is 0. The molecule has 106 valence electrons. The number of anilines is 1. The van der Waals surface area contributed by atoms with Crippen LogP contribution in [0.4, 0.5) is 5.82 Å². The van der Waals surface area contributed by atoms with E-state index in [1.807, 2.05) is 6.07 Å². The van der Waals surface area contributed by atoms with Gasteiger partial charge in [0.05, 0.1) is 4.90 Å². The number of hydrogen-bond donors (Lipinski definition) is 2. The lowest BCUT2D eigenvalue weighted by Crippen LogP contribution is -2.16. The first-order valence-electron chi connectivity index (χ1n) is 5.87. The fraction of sp³-hybridized carbons (Fsp3) is 0.154. The number of rotatable bonds is 4. The second kappa shape index (κ2) is 5.90. The fourth-order valence-electron chi connectivity index (χ4n) is 1.80. The Morgan fingerprint density at radius 2 is 2.05 bits per heavy atom. The molecule has 1 heterocycles. The Kier molecular flexibility index (Phi) is 4.42. The molecular weight excluding hydrogens is 342 g/mol. The van der Waals surface area contributed by atoms with E-state index in [4.69, 9.17) is 5.73 Å². The van der Waals surface area contributed by atoms with Crippen molar-refractivity contribution in [3.63, 3.8) is 0 Å². The van der Waals surface area contributed by atoms with Gasteiger partial charge in [0.25, 0.3) is 10.0 Å². The molecule has 0 saturated heterocycles. The number of nitrogens with zero attached hydrogens (tertiary/aromatic N) is 1. The second-order valence-corrected chi connectivity index (χ2v) is 6.78. The third kappa shape index (κ3) is 3.17. The Labute approximate surface area is 126 Å². The molecule has 0 radical (unpaired) electrons. The minimum absolute atomic E-state index is 0.213. The molecule has 0 aliphatic rings. The van der Waals surface area contributed by atoms with Gasteiger partial charge in [0.1, 0.15) is 5.82 Å². The molecule has 5 nitrogen and oxygen atoms in total. The monoisotopic (exact) mass is 355 g/mol. The minimum Gasteiger partial charge on any atom is -0.326 e. The van der Waals surface area contributed by atoms with Crippen LogP contribution in [0.15, 0.2) is 45.9 Å². The van der Waals surface area contributed by atoms with Crippen molar-refractivity contribution < 1.29 is 8.42 Å². The highest BCUT2D eigenvalue weighted by atomic mass is 79.9. The van der Waals surface area contributed by atoms with E-state index >= 15 is 0 Å². The number of aromatic nitrogens is 1. The zero-order chi connectivity index (χ0) is 14.8. The van der Waals surface area contributed by atoms with Crippen LogP contribution >= 0.6 is 15.9 Å². The third-order valence-corrected chi connectivity index (χ3v) is 4.84. The van der Waals surface area contributed by atoms with Crippen molar-refractivity contribution in [2.24, 2.45) is 5.73 Å². The Balaban J connectivity index is 2.38. The molecule has 3 N–H and O–H groups in total. The first-order chi connectivity index (χ1) is 9.44. The van der Waals surface area contributed by atoms with E-state index in [1.54, 1.807) is 31.2 Å². The Hall–Kier alpha value is -1.44. The molecular formula is C13H14BrN3O2S. The van der Waals surface area contributed by atoms with Crippen LogP contribution < -0.4 is 10.5 Å². The average Bonchev–Trinajstić information content (AvgIpc) is 2.41. The summed E-state index contributed by atoms with van der Waals surface area (Å²) in [6.07, 6.45) is 1.53. The van der Waals surface area contributed by atoms with E-state index < -0.39 is 10.0 Å². The van der Waals surface area contributed by atoms with Gasteiger partial charge in [-0.2, -0.15) is 0 Å². The summed E-state index contributed by atoms with van der Waals surface area (Å²) in [7, 11) is -3.67. The summed E-state index contributed by atoms with van der Waals surface area (Å²) in [5.74, 6) is 0.269. The molecule has 0 atom stereocenters. The maximum Gasteiger partial charge on any atom is 0.263 e. The molecule has 2 aromatic rings. The lowest BCUT2D eigenvalue weighted by Gasteiger charge is -2.12. The largest absolute Gasteiger partial charge is 0.326 e. The van der Waals surface area contributed by atoms with Crippen LogP contribution in [0.3, 0.4) is 0 Å². The predicted octanol–water partition coefficient (Wildman–Crippen LogP) is 2.41. The van der Waals surface area contributed by atoms with Crippen LogP contribution in [0.5, 0.6) is 0 Å². The molecule has 0 aliphatic heterocycles. The van der Waals surface area contributed by atoms with Gasteiger partial charge >= 0.3 is 0 Å². The van der Waals surface area contributed by atoms with Gasteiger partial charge in [-0.25, -0.2) is 13.4 Å². The zero-order valence-corrected chi connectivity index (χ0v) is 13.2. The topological polar surface area (TPSA) is 85.1 Å². The number of sulfonamides is 1. The number of nitrogens with two attached hydrogens (primary N) is 1. The van der Waals surface area contributed by atoms with Crippen LogP contribution in [0.1, 0.15) is 11.1 Å². The molecule has 1 aromatic heterocycles. The van der Waals surface area contributed by atoms with Crippen LogP contribution in [-0.2, 0) is 16.6 Å². The lowest BCUT2D eigenvalue weighted by atomic mass is 10.1. The van der Waals surface area contributed by atoms with Crippen molar-refractivity contribution >= 4 is 31.8 Å². The normalized spacial score (nSPS) is 11.3. The molecule has 0 spiro atoms. The van der Waals surface area contributed by atoms with Crippen LogP contribution in [-0.4, -0.2) is 13.4 Å². The molecule has 7 heteroatoms. The van der Waals surface area contributed by atoms with Crippen molar-refractivity contribution in [3.8, 4) is 0 Å². The summed E-state index contributed by atoms with van der Waals surface area (Å²) in [4.78, 5) is 4.21. The number of pyridine rings is 1. The van der Waals surface area contributed by atoms with E-state index in [9.17, 15) is 8.42 Å². The van der Waals surface area contributed by atoms with Crippen LogP contribution in [0.2, 0.25) is 0 Å². The number of halogens is 1. The molecule has 0 saturated carbocycles. The fourth-order valence-corrected chi connectivity index (χ4v) is 3.33. The Morgan fingerprint density at radius 1 is 1.30 bits per heavy atom. The van der Waals surface area contributed by atoms with Crippen molar-refractivity contribution in [3.05, 3.63) is 52.1 Å². The zero-order valence-electron chi connectivity index (χ0n) is 10.8. The molecule has 0 unspecified atom stereocenters. The van der Waals surface area contributed by atoms with Crippen molar-refractivity contribution in [2.45, 2.75) is 18.4 Å². The maximum atomic E-state index is 12.4. The highest BCUT2D eigenvalue weighted by molar-refractivity contribution is 9.10. The SMILES string of the molecule is Cc1c(CN)cccc1S(=O)(=O)Nc1ccc(Br)cn1. The van der Waals surface area contributed by atoms with E-state index in [-0.39, 0.29) is 10.7 Å². The van der Waals surface area contributed by atoms with E-state index in [1.165, 1.54) is 6.20 Å². The van der Waals surface area contributed by atoms with Crippen molar-refractivity contribution in [2.75, 3.05) is 4.72 Å². The molecule has 20 heavy (non-hydrogen) atoms. The first kappa shape index (κ1) is 15.0. The second-order valence-electron chi connectivity index (χ2n) is 4.21. The van der Waals surface area contributed by atoms with Gasteiger partial charge in [-0.15, -0.1) is 0 Å². The summed E-state index contributed by atoms with van der Waals surface area (Å²) in [6, 6.07) is 8.35. The molecule has 2 rings (SSSR count). The van der Waals surface area contributed by atoms with E-state index in [0.717, 1.165) is 10.0 Å². The van der Waals surface area contributed by atoms with Gasteiger partial charge in [0.2, 0.25) is 0 Å².